The Kier molecular flexibility index (Phi) is 5.35. The number of hydrogen-bond acceptors (Lipinski definition) is 1. The van der Waals surface area contributed by atoms with Gasteiger partial charge in [0.15, 0.2) is 0 Å². The molecular formula is C13H18N2Y-2. The number of rotatable bonds is 0. The summed E-state index contributed by atoms with van der Waals surface area (Å²) in [5, 5.41) is 0. The van der Waals surface area contributed by atoms with Gasteiger partial charge in [0, 0.05) is 32.7 Å². The third kappa shape index (κ3) is 2.23. The van der Waals surface area contributed by atoms with Crippen molar-refractivity contribution >= 4 is 11.0 Å². The van der Waals surface area contributed by atoms with Crippen LogP contribution < -0.4 is 4.98 Å². The first-order chi connectivity index (χ1) is 6.52. The quantitative estimate of drug-likeness (QED) is 0.697. The standard InChI is InChI=1S/C12H15N2.CH3.Y/c1-6-7(2)9(4)12-11(8(6)3)13-10(5)14-12;;/h1-5H3;1H3;/q2*-1;. The SMILES string of the molecule is Cc1nc2c(C)c(C)c(C)c(C)c2[n-]1.[CH3-].[Y]. The molecule has 0 aliphatic rings. The zero-order valence-corrected chi connectivity index (χ0v) is 13.8. The minimum Gasteiger partial charge on any atom is -0.440 e. The van der Waals surface area contributed by atoms with Crippen LogP contribution in [-0.2, 0) is 32.7 Å². The Balaban J connectivity index is 0.00000112. The molecule has 0 atom stereocenters. The smallest absolute Gasteiger partial charge is 0 e. The Morgan fingerprint density at radius 1 is 0.812 bits per heavy atom. The summed E-state index contributed by atoms with van der Waals surface area (Å²) in [5.41, 5.74) is 7.36. The van der Waals surface area contributed by atoms with Crippen molar-refractivity contribution in [3.63, 3.8) is 0 Å². The van der Waals surface area contributed by atoms with Crippen molar-refractivity contribution in [1.82, 2.24) is 9.97 Å². The van der Waals surface area contributed by atoms with Gasteiger partial charge in [0.05, 0.1) is 0 Å². The Morgan fingerprint density at radius 3 is 1.88 bits per heavy atom. The fourth-order valence-corrected chi connectivity index (χ4v) is 1.90. The van der Waals surface area contributed by atoms with Gasteiger partial charge in [-0.1, -0.05) is 5.82 Å². The van der Waals surface area contributed by atoms with Crippen LogP contribution in [0.2, 0.25) is 0 Å². The van der Waals surface area contributed by atoms with Gasteiger partial charge in [-0.25, -0.2) is 0 Å². The van der Waals surface area contributed by atoms with Gasteiger partial charge in [0.1, 0.15) is 0 Å². The number of imidazole rings is 1. The van der Waals surface area contributed by atoms with E-state index in [0.29, 0.717) is 0 Å². The second kappa shape index (κ2) is 5.42. The van der Waals surface area contributed by atoms with Crippen LogP contribution in [0.3, 0.4) is 0 Å². The second-order valence-corrected chi connectivity index (χ2v) is 3.97. The predicted molar refractivity (Wildman–Crippen MR) is 65.2 cm³/mol. The van der Waals surface area contributed by atoms with E-state index in [9.17, 15) is 0 Å². The normalized spacial score (nSPS) is 9.81. The van der Waals surface area contributed by atoms with Gasteiger partial charge in [0.25, 0.3) is 0 Å². The van der Waals surface area contributed by atoms with E-state index in [1.807, 2.05) is 6.92 Å². The molecule has 0 N–H and O–H groups in total. The first-order valence-corrected chi connectivity index (χ1v) is 4.89. The van der Waals surface area contributed by atoms with E-state index >= 15 is 0 Å². The maximum Gasteiger partial charge on any atom is 0 e. The van der Waals surface area contributed by atoms with Crippen molar-refractivity contribution in [2.24, 2.45) is 0 Å². The van der Waals surface area contributed by atoms with Crippen molar-refractivity contribution in [2.75, 3.05) is 0 Å². The molecule has 16 heavy (non-hydrogen) atoms. The average Bonchev–Trinajstić information content (AvgIpc) is 2.54. The molecule has 1 aromatic carbocycles. The molecule has 0 spiro atoms. The summed E-state index contributed by atoms with van der Waals surface area (Å²) in [6.45, 7) is 10.5. The summed E-state index contributed by atoms with van der Waals surface area (Å²) >= 11 is 0. The number of aryl methyl sites for hydroxylation is 3. The monoisotopic (exact) mass is 291 g/mol. The molecule has 1 heterocycles. The van der Waals surface area contributed by atoms with Gasteiger partial charge in [0.2, 0.25) is 0 Å². The van der Waals surface area contributed by atoms with Crippen molar-refractivity contribution in [2.45, 2.75) is 34.6 Å². The van der Waals surface area contributed by atoms with E-state index in [1.165, 1.54) is 22.3 Å². The molecule has 2 nitrogen and oxygen atoms in total. The van der Waals surface area contributed by atoms with Gasteiger partial charge in [-0.15, -0.1) is 0 Å². The molecule has 0 aliphatic heterocycles. The zero-order valence-electron chi connectivity index (χ0n) is 11.0. The van der Waals surface area contributed by atoms with E-state index < -0.39 is 0 Å². The van der Waals surface area contributed by atoms with Crippen LogP contribution >= 0.6 is 0 Å². The van der Waals surface area contributed by atoms with E-state index in [2.05, 4.69) is 37.7 Å². The molecule has 0 saturated carbocycles. The van der Waals surface area contributed by atoms with Crippen LogP contribution in [0.5, 0.6) is 0 Å². The van der Waals surface area contributed by atoms with Gasteiger partial charge in [-0.3, -0.25) is 0 Å². The van der Waals surface area contributed by atoms with Gasteiger partial charge < -0.3 is 17.4 Å². The molecule has 0 saturated heterocycles. The van der Waals surface area contributed by atoms with Crippen LogP contribution in [0, 0.1) is 42.0 Å². The molecule has 0 aliphatic carbocycles. The molecule has 2 rings (SSSR count). The van der Waals surface area contributed by atoms with Crippen LogP contribution in [0.1, 0.15) is 28.1 Å². The Hall–Kier alpha value is -0.206. The predicted octanol–water partition coefficient (Wildman–Crippen LogP) is 3.18. The van der Waals surface area contributed by atoms with Crippen LogP contribution in [0.4, 0.5) is 0 Å². The molecule has 3 heteroatoms. The largest absolute Gasteiger partial charge is 0.440 e. The number of aromatic nitrogens is 2. The van der Waals surface area contributed by atoms with Crippen LogP contribution in [0.15, 0.2) is 0 Å². The van der Waals surface area contributed by atoms with Crippen molar-refractivity contribution < 1.29 is 32.7 Å². The molecule has 0 bridgehead atoms. The Morgan fingerprint density at radius 2 is 1.31 bits per heavy atom. The number of fused-ring (bicyclic) bond motifs is 1. The summed E-state index contributed by atoms with van der Waals surface area (Å²) in [6.07, 6.45) is 0. The molecule has 85 valence electrons. The topological polar surface area (TPSA) is 27.0 Å². The molecule has 1 radical (unpaired) electrons. The summed E-state index contributed by atoms with van der Waals surface area (Å²) in [7, 11) is 0. The molecule has 0 unspecified atom stereocenters. The fraction of sp³-hybridized carbons (Fsp3) is 0.385. The van der Waals surface area contributed by atoms with Crippen LogP contribution in [-0.4, -0.2) is 4.98 Å². The number of nitrogens with zero attached hydrogens (tertiary/aromatic N) is 2. The van der Waals surface area contributed by atoms with E-state index in [1.54, 1.807) is 0 Å². The van der Waals surface area contributed by atoms with E-state index in [-0.39, 0.29) is 40.1 Å². The molecule has 2 aromatic rings. The maximum absolute atomic E-state index is 4.46. The summed E-state index contributed by atoms with van der Waals surface area (Å²) in [6, 6.07) is 0. The number of benzene rings is 1. The molecular weight excluding hydrogens is 273 g/mol. The molecule has 0 fully saturated rings. The van der Waals surface area contributed by atoms with Crippen molar-refractivity contribution in [1.29, 1.82) is 0 Å². The first-order valence-electron chi connectivity index (χ1n) is 4.89. The average molecular weight is 291 g/mol. The summed E-state index contributed by atoms with van der Waals surface area (Å²) < 4.78 is 0. The van der Waals surface area contributed by atoms with Gasteiger partial charge in [-0.2, -0.15) is 0 Å². The van der Waals surface area contributed by atoms with E-state index in [0.717, 1.165) is 16.9 Å². The van der Waals surface area contributed by atoms with Crippen molar-refractivity contribution in [3.8, 4) is 0 Å². The Labute approximate surface area is 123 Å². The second-order valence-electron chi connectivity index (χ2n) is 3.97. The number of hydrogen-bond donors (Lipinski definition) is 0. The molecule has 0 amide bonds. The van der Waals surface area contributed by atoms with Crippen molar-refractivity contribution in [3.05, 3.63) is 35.5 Å². The minimum absolute atomic E-state index is 0. The zero-order chi connectivity index (χ0) is 10.5. The summed E-state index contributed by atoms with van der Waals surface area (Å²) in [5.74, 6) is 0.871. The van der Waals surface area contributed by atoms with Gasteiger partial charge >= 0.3 is 0 Å². The Bertz CT molecular complexity index is 467. The minimum atomic E-state index is 0. The third-order valence-corrected chi connectivity index (χ3v) is 3.17. The van der Waals surface area contributed by atoms with Crippen LogP contribution in [0.25, 0.3) is 11.0 Å². The fourth-order valence-electron chi connectivity index (χ4n) is 1.90. The maximum atomic E-state index is 4.46. The first kappa shape index (κ1) is 15.8. The molecule has 1 aromatic heterocycles. The summed E-state index contributed by atoms with van der Waals surface area (Å²) in [4.78, 5) is 8.93. The van der Waals surface area contributed by atoms with E-state index in [4.69, 9.17) is 0 Å². The van der Waals surface area contributed by atoms with Gasteiger partial charge in [-0.05, 0) is 67.9 Å². The third-order valence-electron chi connectivity index (χ3n) is 3.17.